The van der Waals surface area contributed by atoms with Crippen LogP contribution >= 0.6 is 0 Å². The average Bonchev–Trinajstić information content (AvgIpc) is 0.863. The Kier molecular flexibility index (Phi) is 85.3. The quantitative estimate of drug-likeness (QED) is 0.00971. The summed E-state index contributed by atoms with van der Waals surface area (Å²) in [4.78, 5) is 42.9. The molecular weight excluding hydrogens is 1520 g/mol. The predicted octanol–water partition coefficient (Wildman–Crippen LogP) is 19.3. The molecular formula is C89H167N14O16-. The second-order valence-corrected chi connectivity index (χ2v) is 18.9. The van der Waals surface area contributed by atoms with Gasteiger partial charge in [-0.1, -0.05) is 61.1 Å². The maximum atomic E-state index is 12.4. The summed E-state index contributed by atoms with van der Waals surface area (Å²) in [5.74, 6) is 149. The molecule has 0 bridgehead atoms. The summed E-state index contributed by atoms with van der Waals surface area (Å²) in [6, 6.07) is -1.32. The molecule has 0 fully saturated rings. The van der Waals surface area contributed by atoms with Gasteiger partial charge in [-0.25, -0.2) is 10.5 Å². The smallest absolute Gasteiger partial charge is 0.205 e. The van der Waals surface area contributed by atoms with E-state index in [0.717, 1.165) is 13.0 Å². The lowest BCUT2D eigenvalue weighted by atomic mass is 9.93. The minimum absolute atomic E-state index is 0. The van der Waals surface area contributed by atoms with Gasteiger partial charge in [-0.3, -0.25) is 14.4 Å². The molecule has 0 rings (SSSR count). The number of aliphatic hydroxyl groups excluding tert-OH is 1. The summed E-state index contributed by atoms with van der Waals surface area (Å²) < 4.78 is 0. The van der Waals surface area contributed by atoms with Gasteiger partial charge in [0.05, 0.1) is 17.4 Å². The highest BCUT2D eigenvalue weighted by Crippen LogP contribution is 2.18. The van der Waals surface area contributed by atoms with E-state index in [1.807, 2.05) is 39.8 Å². The molecule has 690 valence electrons. The number of amides is 1. The molecule has 3 unspecified atom stereocenters. The second kappa shape index (κ2) is 92.5. The first-order valence-electron chi connectivity index (χ1n) is 31.7. The molecule has 30 heteroatoms. The lowest BCUT2D eigenvalue weighted by molar-refractivity contribution is -0.825. The summed E-state index contributed by atoms with van der Waals surface area (Å²) in [6.45, 7) is 18.1. The van der Waals surface area contributed by atoms with Gasteiger partial charge in [0.1, 0.15) is 5.78 Å². The number of allylic oxidation sites excluding steroid dienone is 2. The van der Waals surface area contributed by atoms with Crippen LogP contribution in [0, 0.1) is 391 Å². The summed E-state index contributed by atoms with van der Waals surface area (Å²) in [6.07, 6.45) is 15.2. The lowest BCUT2D eigenvalue weighted by Gasteiger charge is -2.35. The zero-order valence-electron chi connectivity index (χ0n) is 63.7. The monoisotopic (exact) mass is 1690 g/mol. The van der Waals surface area contributed by atoms with Crippen LogP contribution in [0.5, 0.6) is 0 Å². The Morgan fingerprint density at radius 1 is 0.454 bits per heavy atom. The first kappa shape index (κ1) is 110. The van der Waals surface area contributed by atoms with Crippen molar-refractivity contribution in [2.24, 2.45) is 64.8 Å². The van der Waals surface area contributed by atoms with Gasteiger partial charge in [0.15, 0.2) is 5.78 Å². The van der Waals surface area contributed by atoms with E-state index in [4.69, 9.17) is 28.9 Å². The summed E-state index contributed by atoms with van der Waals surface area (Å²) in [5.41, 5.74) is 6.20. The molecule has 0 saturated heterocycles. The highest BCUT2D eigenvalue weighted by molar-refractivity contribution is 5.91. The van der Waals surface area contributed by atoms with Gasteiger partial charge in [0.2, 0.25) is 5.91 Å². The Morgan fingerprint density at radius 2 is 0.731 bits per heavy atom. The van der Waals surface area contributed by atoms with Crippen molar-refractivity contribution in [3.05, 3.63) is 17.5 Å². The number of nitrogens with one attached hydrogen (secondary N) is 3. The van der Waals surface area contributed by atoms with Crippen molar-refractivity contribution < 1.29 is 157 Å². The second-order valence-electron chi connectivity index (χ2n) is 18.9. The van der Waals surface area contributed by atoms with E-state index in [-0.39, 0.29) is 119 Å². The maximum Gasteiger partial charge on any atom is 0.205 e. The van der Waals surface area contributed by atoms with Crippen LogP contribution < -0.4 is 10.6 Å². The molecule has 1 amide bonds. The molecule has 0 saturated carbocycles. The lowest BCUT2D eigenvalue weighted by Crippen LogP contribution is -2.49. The standard InChI is InChI=1S/C62H2.C17H31N2O3.C9H19NO.CH4.H3N11O12.54H2/c1-3-5-7-9-11-13-15-17-19-21-23-25-27-29-31-33-35-37-39-41-43-45-47-49-51-53-55-57-59-61-62-60-58-56-54-52-50-48-46-44-42-40-38-36-34-32-30-28-26-24-22-20-18-16-14-12-10-8-6-4-2;1-7-8-9-12(4)16(21)15(18-6)17(22)19-14(13(5)20)10-11(2)3;1-5-6-10-9(7(2)3)8(4)11;;1-2-3-4-5-6-7-8-9-10-11(14-18-22-20-16-12)15-19-23-21-17-13;;;;;;;;;;;;;;;;;;;;;;;;;;;;;;;;;;;;;;;;;;;;;;;;;;;;;;/h1-2H;7-8,11-12,14-16,21H,9-10H2,1-6H3,(H,19,22);7,9-10H,5-6H2,1-4H3;1H4;1,12-13H;54*1H/q;-1;;;;;;;;;;;;;;;;;;;;;;;;;;;;;;;;;;;;;;;;;;;;;;;;;;;;;;;;;/b;8-7+;;;2-1?,4-3+,6-5+,8-7+,10-9+;;;;;;;;;;;;;;;;;;;;;;;;;;;;;;;;;;;;;;;;;;;;;;;;;;;;;;/t;12?,14-,15?,16?;9-;;;;;;;;;;;;;;;;;;;;;;;;;;;;;;;;;;;;;;;;;;;;;;;;;;;;;;;;/m.01......................................................../s1. The number of likely N-dealkylation sites (N-methyl/N-ethyl adjacent to an activating group) is 1. The number of terminal acetylenes is 2. The van der Waals surface area contributed by atoms with Crippen LogP contribution in [0.1, 0.15) is 166 Å². The van der Waals surface area contributed by atoms with E-state index in [0.29, 0.717) is 24.7 Å². The number of nitrogens with zero attached hydrogens (tertiary/aromatic N) is 11. The minimum atomic E-state index is -0.868. The Morgan fingerprint density at radius 3 is 0.950 bits per heavy atom. The number of rotatable bonds is 30. The third-order valence-electron chi connectivity index (χ3n) is 9.90. The Balaban J connectivity index is -0.0000000179. The SMILES string of the molecule is C.C#CC#CC#CC#CC#CC#CC#CC#CC#CC#CC#CC#CC#CC#CC#CC#CC#CC#CC#CC#CC#CC#CC#CC#CC#CC#CC#CC#CC#CC#CC#C.C/C=C/CC(C)C(O)C([N-]C)C(=O)N[C@@H](CC(C)C)C(C)=O.CCCN[C@@H](C(C)=O)C(C)C.N=N/N=N/N=N/N=N/N=N/N(OOOOOO)OOOOOO.[HH].[HH].[HH].[HH].[HH].[HH].[HH].[HH].[HH].[HH].[HH].[HH].[HH].[HH].[HH].[HH].[HH].[HH].[HH].[HH].[HH].[HH].[HH].[HH].[HH].[HH].[HH].[HH].[HH].[HH].[HH].[HH].[HH].[HH].[HH].[HH].[HH].[HH].[HH].[HH].[HH].[HH].[HH].[HH].[HH].[HH].[HH].[HH].[HH].[HH].[HH].[HH].[HH].[HH]. The van der Waals surface area contributed by atoms with Gasteiger partial charge in [-0.15, -0.1) is 12.8 Å². The normalized spacial score (nSPS) is 8.85. The third kappa shape index (κ3) is 87.2. The molecule has 0 aromatic heterocycles. The summed E-state index contributed by atoms with van der Waals surface area (Å²) in [5, 5.41) is 87.3. The van der Waals surface area contributed by atoms with Gasteiger partial charge in [-0.05, 0) is 242 Å². The highest BCUT2D eigenvalue weighted by Gasteiger charge is 2.26. The topological polar surface area (TPSA) is 381 Å². The number of ketones is 2. The first-order valence-corrected chi connectivity index (χ1v) is 31.7. The van der Waals surface area contributed by atoms with Crippen LogP contribution in [0.4, 0.5) is 0 Å². The molecule has 0 aliphatic carbocycles. The van der Waals surface area contributed by atoms with Crippen LogP contribution in [-0.2, 0) is 64.7 Å². The van der Waals surface area contributed by atoms with E-state index in [9.17, 15) is 19.5 Å². The number of carbonyl (C=O) groups is 3. The van der Waals surface area contributed by atoms with Gasteiger partial charge in [0.25, 0.3) is 0 Å². The van der Waals surface area contributed by atoms with Crippen molar-refractivity contribution >= 4 is 17.5 Å². The summed E-state index contributed by atoms with van der Waals surface area (Å²) in [7, 11) is 1.51. The van der Waals surface area contributed by atoms with Crippen LogP contribution in [0.15, 0.2) is 59.2 Å². The van der Waals surface area contributed by atoms with Gasteiger partial charge < -0.3 is 21.1 Å². The fourth-order valence-electron chi connectivity index (χ4n) is 5.58. The van der Waals surface area contributed by atoms with E-state index in [2.05, 4.69) is 489 Å². The highest BCUT2D eigenvalue weighted by atomic mass is 17.9. The molecule has 0 aliphatic heterocycles. The van der Waals surface area contributed by atoms with Crippen molar-refractivity contribution in [3.63, 3.8) is 0 Å². The number of aliphatic hydroxyl groups is 1. The van der Waals surface area contributed by atoms with Gasteiger partial charge >= 0.3 is 0 Å². The number of carbonyl (C=O) groups excluding carboxylic acids is 3. The van der Waals surface area contributed by atoms with Crippen LogP contribution in [-0.4, -0.2) is 76.3 Å². The molecule has 0 spiro atoms. The number of hydrogen-bond donors (Lipinski definition) is 6. The Labute approximate surface area is 773 Å². The largest absolute Gasteiger partial charge is 0.652 e. The molecule has 0 aliphatic rings. The predicted molar refractivity (Wildman–Crippen MR) is 544 cm³/mol. The van der Waals surface area contributed by atoms with Crippen LogP contribution in [0.2, 0.25) is 0 Å². The Hall–Kier alpha value is -17.9. The van der Waals surface area contributed by atoms with Crippen LogP contribution in [0.25, 0.3) is 5.32 Å². The zero-order chi connectivity index (χ0) is 87.6. The van der Waals surface area contributed by atoms with E-state index >= 15 is 0 Å². The number of Topliss-reactive ketones (excluding diaryl/α,β-unsaturated/α-hetero) is 2. The first-order chi connectivity index (χ1) is 57.6. The van der Waals surface area contributed by atoms with Gasteiger partial charge in [-0.2, -0.15) is 12.6 Å². The molecule has 5 atom stereocenters. The number of hydrogen-bond acceptors (Lipinski definition) is 19. The maximum absolute atomic E-state index is 12.4. The molecule has 30 nitrogen and oxygen atoms in total. The fourth-order valence-corrected chi connectivity index (χ4v) is 5.58. The fraction of sp³-hybridized carbons (Fsp3) is 0.247. The Bertz CT molecular complexity index is 5640. The van der Waals surface area contributed by atoms with Crippen LogP contribution in [0.3, 0.4) is 0 Å². The van der Waals surface area contributed by atoms with Crippen molar-refractivity contribution in [1.29, 1.82) is 5.53 Å². The molecule has 0 aromatic carbocycles. The van der Waals surface area contributed by atoms with E-state index in [1.165, 1.54) is 14.0 Å². The molecule has 0 radical (unpaired) electrons. The molecule has 0 aromatic rings. The zero-order valence-corrected chi connectivity index (χ0v) is 63.7. The van der Waals surface area contributed by atoms with Crippen molar-refractivity contribution in [3.8, 4) is 368 Å². The van der Waals surface area contributed by atoms with E-state index in [1.54, 1.807) is 6.92 Å². The molecule has 6 N–H and O–H groups in total. The molecule has 0 heterocycles. The average molecular weight is 1690 g/mol. The van der Waals surface area contributed by atoms with E-state index < -0.39 is 18.2 Å². The summed E-state index contributed by atoms with van der Waals surface area (Å²) >= 11 is 0. The van der Waals surface area contributed by atoms with Crippen molar-refractivity contribution in [1.82, 2.24) is 16.0 Å². The minimum Gasteiger partial charge on any atom is -0.652 e. The third-order valence-corrected chi connectivity index (χ3v) is 9.90. The van der Waals surface area contributed by atoms with Crippen molar-refractivity contribution in [2.75, 3.05) is 13.6 Å². The molecule has 119 heavy (non-hydrogen) atoms. The van der Waals surface area contributed by atoms with Gasteiger partial charge in [0, 0.05) is 365 Å². The van der Waals surface area contributed by atoms with Crippen molar-refractivity contribution in [2.45, 2.75) is 113 Å².